The van der Waals surface area contributed by atoms with Crippen LogP contribution in [0.2, 0.25) is 5.15 Å². The van der Waals surface area contributed by atoms with E-state index in [1.807, 2.05) is 19.9 Å². The summed E-state index contributed by atoms with van der Waals surface area (Å²) in [7, 11) is 0. The number of nitrogens with one attached hydrogen (secondary N) is 2. The molecule has 2 aliphatic rings. The molecule has 0 spiro atoms. The van der Waals surface area contributed by atoms with Crippen LogP contribution in [0.25, 0.3) is 0 Å². The van der Waals surface area contributed by atoms with Crippen molar-refractivity contribution in [3.63, 3.8) is 0 Å². The van der Waals surface area contributed by atoms with Gasteiger partial charge in [-0.15, -0.1) is 0 Å². The van der Waals surface area contributed by atoms with E-state index in [-0.39, 0.29) is 11.9 Å². The van der Waals surface area contributed by atoms with Crippen LogP contribution in [-0.2, 0) is 13.1 Å². The summed E-state index contributed by atoms with van der Waals surface area (Å²) in [6.07, 6.45) is 0. The fourth-order valence-electron chi connectivity index (χ4n) is 4.15. The minimum atomic E-state index is -0.214. The summed E-state index contributed by atoms with van der Waals surface area (Å²) in [5.41, 5.74) is 4.45. The summed E-state index contributed by atoms with van der Waals surface area (Å²) in [6, 6.07) is 9.92. The smallest absolute Gasteiger partial charge is 0.322 e. The number of carbonyl (C=O) groups is 2. The molecule has 2 aliphatic heterocycles. The number of halogens is 1. The molecule has 1 fully saturated rings. The number of aromatic nitrogens is 1. The zero-order valence-electron chi connectivity index (χ0n) is 18.5. The molecule has 1 aromatic heterocycles. The standard InChI is InChI=1S/C23H29ClN6O2/c1-3-25-22(31)18-7-8-20(21(24)26-18)30-11-9-28(10-12-30)14-16-5-6-17-15-29(4-2)23(32)27-19(17)13-16/h5-8,13H,3-4,9-12,14-15H2,1-2H3,(H,25,31)(H,27,32). The number of benzene rings is 1. The maximum absolute atomic E-state index is 12.1. The van der Waals surface area contributed by atoms with Gasteiger partial charge in [-0.3, -0.25) is 9.69 Å². The molecule has 0 atom stereocenters. The van der Waals surface area contributed by atoms with Gasteiger partial charge < -0.3 is 20.4 Å². The molecule has 32 heavy (non-hydrogen) atoms. The number of rotatable bonds is 6. The first-order valence-corrected chi connectivity index (χ1v) is 11.5. The van der Waals surface area contributed by atoms with E-state index in [0.29, 0.717) is 30.5 Å². The molecule has 2 N–H and O–H groups in total. The minimum absolute atomic E-state index is 0.0329. The molecular weight excluding hydrogens is 428 g/mol. The van der Waals surface area contributed by atoms with Crippen LogP contribution < -0.4 is 15.5 Å². The summed E-state index contributed by atoms with van der Waals surface area (Å²) in [4.78, 5) is 34.8. The molecule has 0 unspecified atom stereocenters. The topological polar surface area (TPSA) is 80.8 Å². The maximum atomic E-state index is 12.1. The summed E-state index contributed by atoms with van der Waals surface area (Å²) < 4.78 is 0. The Labute approximate surface area is 193 Å². The van der Waals surface area contributed by atoms with Crippen molar-refractivity contribution in [3.05, 3.63) is 52.3 Å². The van der Waals surface area contributed by atoms with Gasteiger partial charge in [-0.1, -0.05) is 23.7 Å². The van der Waals surface area contributed by atoms with Gasteiger partial charge in [0, 0.05) is 58.0 Å². The van der Waals surface area contributed by atoms with Gasteiger partial charge in [0.25, 0.3) is 5.91 Å². The van der Waals surface area contributed by atoms with Gasteiger partial charge in [-0.2, -0.15) is 0 Å². The van der Waals surface area contributed by atoms with E-state index in [1.165, 1.54) is 5.56 Å². The van der Waals surface area contributed by atoms with Crippen molar-refractivity contribution in [2.45, 2.75) is 26.9 Å². The quantitative estimate of drug-likeness (QED) is 0.652. The lowest BCUT2D eigenvalue weighted by Crippen LogP contribution is -2.46. The highest BCUT2D eigenvalue weighted by atomic mass is 35.5. The number of urea groups is 1. The van der Waals surface area contributed by atoms with Gasteiger partial charge in [-0.05, 0) is 43.2 Å². The van der Waals surface area contributed by atoms with Crippen LogP contribution in [0, 0.1) is 0 Å². The predicted octanol–water partition coefficient (Wildman–Crippen LogP) is 3.17. The number of pyridine rings is 1. The Kier molecular flexibility index (Phi) is 6.81. The molecule has 3 heterocycles. The Hall–Kier alpha value is -2.84. The van der Waals surface area contributed by atoms with Gasteiger partial charge in [0.1, 0.15) is 5.69 Å². The first-order chi connectivity index (χ1) is 15.5. The number of hydrogen-bond donors (Lipinski definition) is 2. The third kappa shape index (κ3) is 4.81. The molecule has 4 rings (SSSR count). The fraction of sp³-hybridized carbons (Fsp3) is 0.435. The van der Waals surface area contributed by atoms with E-state index >= 15 is 0 Å². The Bertz CT molecular complexity index is 1010. The monoisotopic (exact) mass is 456 g/mol. The Morgan fingerprint density at radius 3 is 2.62 bits per heavy atom. The highest BCUT2D eigenvalue weighted by molar-refractivity contribution is 6.32. The maximum Gasteiger partial charge on any atom is 0.322 e. The first-order valence-electron chi connectivity index (χ1n) is 11.1. The Morgan fingerprint density at radius 1 is 1.16 bits per heavy atom. The minimum Gasteiger partial charge on any atom is -0.366 e. The molecule has 0 aliphatic carbocycles. The number of nitrogens with zero attached hydrogens (tertiary/aromatic N) is 4. The molecule has 0 bridgehead atoms. The highest BCUT2D eigenvalue weighted by Gasteiger charge is 2.23. The van der Waals surface area contributed by atoms with Crippen LogP contribution in [0.4, 0.5) is 16.2 Å². The predicted molar refractivity (Wildman–Crippen MR) is 126 cm³/mol. The Balaban J connectivity index is 1.35. The lowest BCUT2D eigenvalue weighted by molar-refractivity contribution is 0.0951. The summed E-state index contributed by atoms with van der Waals surface area (Å²) >= 11 is 6.39. The van der Waals surface area contributed by atoms with Crippen molar-refractivity contribution in [1.29, 1.82) is 0 Å². The number of carbonyl (C=O) groups excluding carboxylic acids is 2. The van der Waals surface area contributed by atoms with E-state index in [9.17, 15) is 9.59 Å². The zero-order valence-corrected chi connectivity index (χ0v) is 19.3. The van der Waals surface area contributed by atoms with E-state index < -0.39 is 0 Å². The fourth-order valence-corrected chi connectivity index (χ4v) is 4.42. The third-order valence-corrected chi connectivity index (χ3v) is 6.24. The van der Waals surface area contributed by atoms with Crippen LogP contribution in [0.1, 0.15) is 35.5 Å². The molecule has 8 nitrogen and oxygen atoms in total. The second-order valence-corrected chi connectivity index (χ2v) is 8.42. The van der Waals surface area contributed by atoms with Crippen molar-refractivity contribution in [2.75, 3.05) is 49.5 Å². The molecule has 1 saturated heterocycles. The summed E-state index contributed by atoms with van der Waals surface area (Å²) in [5.74, 6) is -0.214. The highest BCUT2D eigenvalue weighted by Crippen LogP contribution is 2.27. The molecule has 2 aromatic rings. The lowest BCUT2D eigenvalue weighted by Gasteiger charge is -2.36. The lowest BCUT2D eigenvalue weighted by atomic mass is 10.1. The zero-order chi connectivity index (χ0) is 22.7. The van der Waals surface area contributed by atoms with Gasteiger partial charge in [0.2, 0.25) is 0 Å². The number of piperazine rings is 1. The van der Waals surface area contributed by atoms with E-state index in [4.69, 9.17) is 11.6 Å². The third-order valence-electron chi connectivity index (χ3n) is 5.96. The largest absolute Gasteiger partial charge is 0.366 e. The number of anilines is 2. The molecule has 0 radical (unpaired) electrons. The molecule has 3 amide bonds. The average Bonchev–Trinajstić information content (AvgIpc) is 2.79. The van der Waals surface area contributed by atoms with Crippen LogP contribution >= 0.6 is 11.6 Å². The molecule has 170 valence electrons. The number of hydrogen-bond acceptors (Lipinski definition) is 5. The van der Waals surface area contributed by atoms with Gasteiger partial charge in [0.15, 0.2) is 5.15 Å². The second-order valence-electron chi connectivity index (χ2n) is 8.06. The molecular formula is C23H29ClN6O2. The second kappa shape index (κ2) is 9.75. The number of amides is 3. The van der Waals surface area contributed by atoms with Crippen molar-refractivity contribution < 1.29 is 9.59 Å². The van der Waals surface area contributed by atoms with Crippen molar-refractivity contribution in [2.24, 2.45) is 0 Å². The first kappa shape index (κ1) is 22.4. The van der Waals surface area contributed by atoms with Crippen molar-refractivity contribution >= 4 is 34.9 Å². The van der Waals surface area contributed by atoms with Gasteiger partial charge in [0.05, 0.1) is 5.69 Å². The number of fused-ring (bicyclic) bond motifs is 1. The van der Waals surface area contributed by atoms with E-state index in [0.717, 1.165) is 49.7 Å². The molecule has 1 aromatic carbocycles. The summed E-state index contributed by atoms with van der Waals surface area (Å²) in [5, 5.41) is 6.10. The van der Waals surface area contributed by atoms with E-state index in [2.05, 4.69) is 43.6 Å². The van der Waals surface area contributed by atoms with Crippen molar-refractivity contribution in [1.82, 2.24) is 20.1 Å². The molecule has 9 heteroatoms. The average molecular weight is 457 g/mol. The van der Waals surface area contributed by atoms with Gasteiger partial charge >= 0.3 is 6.03 Å². The van der Waals surface area contributed by atoms with Crippen LogP contribution in [0.5, 0.6) is 0 Å². The SMILES string of the molecule is CCNC(=O)c1ccc(N2CCN(Cc3ccc4c(c3)NC(=O)N(CC)C4)CC2)c(Cl)n1. The van der Waals surface area contributed by atoms with Crippen LogP contribution in [0.3, 0.4) is 0 Å². The van der Waals surface area contributed by atoms with Crippen LogP contribution in [-0.4, -0.2) is 66.0 Å². The molecule has 0 saturated carbocycles. The normalized spacial score (nSPS) is 16.5. The van der Waals surface area contributed by atoms with Crippen LogP contribution in [0.15, 0.2) is 30.3 Å². The van der Waals surface area contributed by atoms with E-state index in [1.54, 1.807) is 11.0 Å². The van der Waals surface area contributed by atoms with Gasteiger partial charge in [-0.25, -0.2) is 9.78 Å². The van der Waals surface area contributed by atoms with Crippen molar-refractivity contribution in [3.8, 4) is 0 Å². The Morgan fingerprint density at radius 2 is 1.94 bits per heavy atom. The summed E-state index contributed by atoms with van der Waals surface area (Å²) in [6.45, 7) is 10.0.